The zero-order valence-electron chi connectivity index (χ0n) is 12.2. The average molecular weight is 309 g/mol. The number of hydrogen-bond acceptors (Lipinski definition) is 4. The number of carbonyl (C=O) groups is 2. The van der Waals surface area contributed by atoms with E-state index in [4.69, 9.17) is 0 Å². The van der Waals surface area contributed by atoms with E-state index in [0.29, 0.717) is 18.5 Å². The molecule has 1 fully saturated rings. The predicted molar refractivity (Wildman–Crippen MR) is 78.7 cm³/mol. The van der Waals surface area contributed by atoms with Crippen molar-refractivity contribution in [2.24, 2.45) is 0 Å². The molecule has 1 saturated heterocycles. The molecule has 1 aliphatic heterocycles. The molecule has 1 aromatic carbocycles. The van der Waals surface area contributed by atoms with Crippen molar-refractivity contribution in [2.45, 2.75) is 44.0 Å². The average Bonchev–Trinajstić information content (AvgIpc) is 2.47. The maximum absolute atomic E-state index is 12.7. The first-order chi connectivity index (χ1) is 9.84. The van der Waals surface area contributed by atoms with Crippen LogP contribution in [0.15, 0.2) is 29.2 Å². The molecule has 0 aromatic heterocycles. The summed E-state index contributed by atoms with van der Waals surface area (Å²) in [5.74, 6) is -0.324. The molecule has 6 heteroatoms. The van der Waals surface area contributed by atoms with Crippen LogP contribution >= 0.6 is 0 Å². The highest BCUT2D eigenvalue weighted by Gasteiger charge is 2.35. The molecular formula is C15H19NO4S. The van der Waals surface area contributed by atoms with Crippen LogP contribution in [0.2, 0.25) is 0 Å². The maximum Gasteiger partial charge on any atom is 0.243 e. The molecule has 2 rings (SSSR count). The number of benzene rings is 1. The van der Waals surface area contributed by atoms with E-state index in [2.05, 4.69) is 0 Å². The van der Waals surface area contributed by atoms with Gasteiger partial charge in [0.05, 0.1) is 10.9 Å². The topological polar surface area (TPSA) is 71.5 Å². The molecule has 0 aliphatic carbocycles. The summed E-state index contributed by atoms with van der Waals surface area (Å²) < 4.78 is 26.8. The summed E-state index contributed by atoms with van der Waals surface area (Å²) >= 11 is 0. The van der Waals surface area contributed by atoms with E-state index in [1.807, 2.05) is 0 Å². The molecule has 114 valence electrons. The molecule has 0 bridgehead atoms. The first-order valence-corrected chi connectivity index (χ1v) is 8.41. The van der Waals surface area contributed by atoms with Crippen LogP contribution in [-0.4, -0.2) is 36.9 Å². The minimum absolute atomic E-state index is 0.0725. The Bertz CT molecular complexity index is 666. The van der Waals surface area contributed by atoms with Gasteiger partial charge < -0.3 is 0 Å². The van der Waals surface area contributed by atoms with Crippen molar-refractivity contribution >= 4 is 21.6 Å². The molecule has 1 aliphatic rings. The largest absolute Gasteiger partial charge is 0.298 e. The normalized spacial score (nSPS) is 20.2. The second-order valence-electron chi connectivity index (χ2n) is 5.32. The lowest BCUT2D eigenvalue weighted by atomic mass is 10.0. The molecule has 5 nitrogen and oxygen atoms in total. The number of Topliss-reactive ketones (excluding diaryl/α,β-unsaturated/α-hetero) is 2. The quantitative estimate of drug-likeness (QED) is 0.798. The van der Waals surface area contributed by atoms with Crippen molar-refractivity contribution in [3.8, 4) is 0 Å². The molecule has 1 atom stereocenters. The lowest BCUT2D eigenvalue weighted by Crippen LogP contribution is -2.47. The summed E-state index contributed by atoms with van der Waals surface area (Å²) in [4.78, 5) is 23.2. The standard InChI is InChI=1S/C15H19NO4S/c1-11(17)13-6-5-7-14(10-13)21(19,20)16-9-4-3-8-15(16)12(2)18/h5-7,10,15H,3-4,8-9H2,1-2H3. The van der Waals surface area contributed by atoms with Gasteiger partial charge in [0.2, 0.25) is 10.0 Å². The second kappa shape index (κ2) is 6.07. The van der Waals surface area contributed by atoms with Gasteiger partial charge >= 0.3 is 0 Å². The van der Waals surface area contributed by atoms with E-state index < -0.39 is 16.1 Å². The highest BCUT2D eigenvalue weighted by molar-refractivity contribution is 7.89. The second-order valence-corrected chi connectivity index (χ2v) is 7.21. The van der Waals surface area contributed by atoms with Crippen LogP contribution in [0.3, 0.4) is 0 Å². The fraction of sp³-hybridized carbons (Fsp3) is 0.467. The third kappa shape index (κ3) is 3.22. The third-order valence-corrected chi connectivity index (χ3v) is 5.67. The number of nitrogens with zero attached hydrogens (tertiary/aromatic N) is 1. The van der Waals surface area contributed by atoms with Gasteiger partial charge in [-0.15, -0.1) is 0 Å². The number of piperidine rings is 1. The van der Waals surface area contributed by atoms with E-state index >= 15 is 0 Å². The number of rotatable bonds is 4. The monoisotopic (exact) mass is 309 g/mol. The Morgan fingerprint density at radius 1 is 1.19 bits per heavy atom. The Labute approximate surface area is 125 Å². The Balaban J connectivity index is 2.43. The van der Waals surface area contributed by atoms with Crippen molar-refractivity contribution in [3.05, 3.63) is 29.8 Å². The van der Waals surface area contributed by atoms with Crippen LogP contribution in [0.1, 0.15) is 43.5 Å². The molecule has 1 unspecified atom stereocenters. The van der Waals surface area contributed by atoms with E-state index in [9.17, 15) is 18.0 Å². The number of sulfonamides is 1. The van der Waals surface area contributed by atoms with E-state index in [1.54, 1.807) is 12.1 Å². The van der Waals surface area contributed by atoms with Crippen molar-refractivity contribution in [2.75, 3.05) is 6.54 Å². The van der Waals surface area contributed by atoms with Crippen LogP contribution in [0, 0.1) is 0 Å². The lowest BCUT2D eigenvalue weighted by molar-refractivity contribution is -0.121. The first-order valence-electron chi connectivity index (χ1n) is 6.97. The summed E-state index contributed by atoms with van der Waals surface area (Å²) in [5, 5.41) is 0. The van der Waals surface area contributed by atoms with E-state index in [1.165, 1.54) is 30.3 Å². The minimum atomic E-state index is -3.75. The van der Waals surface area contributed by atoms with Crippen molar-refractivity contribution < 1.29 is 18.0 Å². The van der Waals surface area contributed by atoms with Crippen molar-refractivity contribution in [3.63, 3.8) is 0 Å². The SMILES string of the molecule is CC(=O)c1cccc(S(=O)(=O)N2CCCCC2C(C)=O)c1. The smallest absolute Gasteiger partial charge is 0.243 e. The Kier molecular flexibility index (Phi) is 4.58. The van der Waals surface area contributed by atoms with Gasteiger partial charge in [-0.2, -0.15) is 4.31 Å². The summed E-state index contributed by atoms with van der Waals surface area (Å²) in [6.45, 7) is 3.16. The summed E-state index contributed by atoms with van der Waals surface area (Å²) in [7, 11) is -3.75. The van der Waals surface area contributed by atoms with Crippen LogP contribution in [0.4, 0.5) is 0 Å². The molecule has 0 saturated carbocycles. The first kappa shape index (κ1) is 15.9. The van der Waals surface area contributed by atoms with Gasteiger partial charge in [-0.25, -0.2) is 8.42 Å². The fourth-order valence-electron chi connectivity index (χ4n) is 2.61. The number of hydrogen-bond donors (Lipinski definition) is 0. The predicted octanol–water partition coefficient (Wildman–Crippen LogP) is 2.02. The van der Waals surface area contributed by atoms with Gasteiger partial charge in [0.15, 0.2) is 5.78 Å². The molecule has 0 N–H and O–H groups in total. The van der Waals surface area contributed by atoms with Crippen LogP contribution < -0.4 is 0 Å². The molecule has 0 radical (unpaired) electrons. The van der Waals surface area contributed by atoms with E-state index in [-0.39, 0.29) is 16.5 Å². The molecule has 0 amide bonds. The van der Waals surface area contributed by atoms with Gasteiger partial charge in [-0.05, 0) is 38.8 Å². The zero-order chi connectivity index (χ0) is 15.6. The summed E-state index contributed by atoms with van der Waals surface area (Å²) in [6, 6.07) is 5.39. The van der Waals surface area contributed by atoms with Crippen LogP contribution in [-0.2, 0) is 14.8 Å². The third-order valence-electron chi connectivity index (χ3n) is 3.77. The van der Waals surface area contributed by atoms with Gasteiger partial charge in [0.1, 0.15) is 5.78 Å². The Hall–Kier alpha value is -1.53. The highest BCUT2D eigenvalue weighted by Crippen LogP contribution is 2.26. The molecule has 1 aromatic rings. The molecule has 0 spiro atoms. The van der Waals surface area contributed by atoms with Crippen LogP contribution in [0.25, 0.3) is 0 Å². The Morgan fingerprint density at radius 3 is 2.52 bits per heavy atom. The fourth-order valence-corrected chi connectivity index (χ4v) is 4.37. The van der Waals surface area contributed by atoms with Gasteiger partial charge in [0, 0.05) is 12.1 Å². The van der Waals surface area contributed by atoms with Crippen LogP contribution in [0.5, 0.6) is 0 Å². The molecular weight excluding hydrogens is 290 g/mol. The summed E-state index contributed by atoms with van der Waals surface area (Å²) in [6.07, 6.45) is 2.15. The maximum atomic E-state index is 12.7. The minimum Gasteiger partial charge on any atom is -0.298 e. The van der Waals surface area contributed by atoms with E-state index in [0.717, 1.165) is 12.8 Å². The number of ketones is 2. The number of carbonyl (C=O) groups excluding carboxylic acids is 2. The van der Waals surface area contributed by atoms with Crippen molar-refractivity contribution in [1.82, 2.24) is 4.31 Å². The zero-order valence-corrected chi connectivity index (χ0v) is 13.0. The van der Waals surface area contributed by atoms with Gasteiger partial charge in [-0.3, -0.25) is 9.59 Å². The summed E-state index contributed by atoms with van der Waals surface area (Å²) in [5.41, 5.74) is 0.354. The molecule has 1 heterocycles. The Morgan fingerprint density at radius 2 is 1.90 bits per heavy atom. The van der Waals surface area contributed by atoms with Gasteiger partial charge in [-0.1, -0.05) is 18.6 Å². The molecule has 21 heavy (non-hydrogen) atoms. The lowest BCUT2D eigenvalue weighted by Gasteiger charge is -2.33. The highest BCUT2D eigenvalue weighted by atomic mass is 32.2. The van der Waals surface area contributed by atoms with Gasteiger partial charge in [0.25, 0.3) is 0 Å². The van der Waals surface area contributed by atoms with Crippen molar-refractivity contribution in [1.29, 1.82) is 0 Å².